The summed E-state index contributed by atoms with van der Waals surface area (Å²) in [6.45, 7) is 6.57. The van der Waals surface area contributed by atoms with Crippen molar-refractivity contribution in [1.82, 2.24) is 5.32 Å². The molecule has 1 aliphatic rings. The van der Waals surface area contributed by atoms with Crippen molar-refractivity contribution in [1.29, 1.82) is 0 Å². The van der Waals surface area contributed by atoms with Gasteiger partial charge in [0.15, 0.2) is 0 Å². The van der Waals surface area contributed by atoms with Crippen LogP contribution in [0.3, 0.4) is 0 Å². The molecule has 4 nitrogen and oxygen atoms in total. The van der Waals surface area contributed by atoms with Crippen molar-refractivity contribution in [2.45, 2.75) is 45.1 Å². The van der Waals surface area contributed by atoms with E-state index >= 15 is 0 Å². The highest BCUT2D eigenvalue weighted by molar-refractivity contribution is 5.81. The third-order valence-corrected chi connectivity index (χ3v) is 3.76. The average molecular weight is 302 g/mol. The SMILES string of the molecule is C=C(C)COc1ccc(NCC(=O)NC2CCCCC2)cc1. The van der Waals surface area contributed by atoms with Gasteiger partial charge in [0.25, 0.3) is 0 Å². The molecular formula is C18H26N2O2. The quantitative estimate of drug-likeness (QED) is 0.758. The van der Waals surface area contributed by atoms with Crippen LogP contribution in [0.1, 0.15) is 39.0 Å². The number of benzene rings is 1. The number of amides is 1. The number of rotatable bonds is 7. The molecule has 120 valence electrons. The summed E-state index contributed by atoms with van der Waals surface area (Å²) in [4.78, 5) is 11.9. The first kappa shape index (κ1) is 16.4. The Morgan fingerprint density at radius 2 is 1.91 bits per heavy atom. The van der Waals surface area contributed by atoms with E-state index in [4.69, 9.17) is 4.74 Å². The maximum Gasteiger partial charge on any atom is 0.239 e. The smallest absolute Gasteiger partial charge is 0.239 e. The van der Waals surface area contributed by atoms with Crippen LogP contribution in [0.5, 0.6) is 5.75 Å². The first-order chi connectivity index (χ1) is 10.6. The van der Waals surface area contributed by atoms with Gasteiger partial charge in [-0.1, -0.05) is 25.8 Å². The molecule has 1 aromatic carbocycles. The van der Waals surface area contributed by atoms with E-state index in [1.807, 2.05) is 31.2 Å². The first-order valence-corrected chi connectivity index (χ1v) is 8.04. The zero-order valence-electron chi connectivity index (χ0n) is 13.4. The standard InChI is InChI=1S/C18H26N2O2/c1-14(2)13-22-17-10-8-15(9-11-17)19-12-18(21)20-16-6-4-3-5-7-16/h8-11,16,19H,1,3-7,12-13H2,2H3,(H,20,21). The van der Waals surface area contributed by atoms with E-state index in [2.05, 4.69) is 17.2 Å². The minimum absolute atomic E-state index is 0.0644. The maximum absolute atomic E-state index is 11.9. The normalized spacial score (nSPS) is 15.1. The van der Waals surface area contributed by atoms with Crippen LogP contribution in [0, 0.1) is 0 Å². The molecule has 2 N–H and O–H groups in total. The summed E-state index contributed by atoms with van der Waals surface area (Å²) in [5.74, 6) is 0.870. The number of hydrogen-bond donors (Lipinski definition) is 2. The highest BCUT2D eigenvalue weighted by atomic mass is 16.5. The Morgan fingerprint density at radius 3 is 2.55 bits per heavy atom. The van der Waals surface area contributed by atoms with Crippen LogP contribution in [-0.4, -0.2) is 25.1 Å². The Morgan fingerprint density at radius 1 is 1.23 bits per heavy atom. The summed E-state index contributed by atoms with van der Waals surface area (Å²) >= 11 is 0. The molecule has 0 radical (unpaired) electrons. The van der Waals surface area contributed by atoms with Gasteiger partial charge in [-0.3, -0.25) is 4.79 Å². The lowest BCUT2D eigenvalue weighted by atomic mass is 9.95. The molecule has 0 aliphatic heterocycles. The molecule has 1 aliphatic carbocycles. The first-order valence-electron chi connectivity index (χ1n) is 8.04. The summed E-state index contributed by atoms with van der Waals surface area (Å²) in [6.07, 6.45) is 5.97. The molecule has 1 fully saturated rings. The van der Waals surface area contributed by atoms with Crippen LogP contribution in [-0.2, 0) is 4.79 Å². The van der Waals surface area contributed by atoms with E-state index in [1.165, 1.54) is 19.3 Å². The maximum atomic E-state index is 11.9. The highest BCUT2D eigenvalue weighted by Gasteiger charge is 2.15. The molecule has 0 heterocycles. The molecule has 0 spiro atoms. The number of nitrogens with one attached hydrogen (secondary N) is 2. The van der Waals surface area contributed by atoms with Gasteiger partial charge in [-0.15, -0.1) is 0 Å². The summed E-state index contributed by atoms with van der Waals surface area (Å²) < 4.78 is 5.54. The number of carbonyl (C=O) groups excluding carboxylic acids is 1. The Hall–Kier alpha value is -1.97. The van der Waals surface area contributed by atoms with Crippen LogP contribution < -0.4 is 15.4 Å². The van der Waals surface area contributed by atoms with Crippen molar-refractivity contribution in [3.63, 3.8) is 0 Å². The second kappa shape index (κ2) is 8.47. The van der Waals surface area contributed by atoms with Gasteiger partial charge in [0.05, 0.1) is 6.54 Å². The molecule has 1 amide bonds. The lowest BCUT2D eigenvalue weighted by molar-refractivity contribution is -0.120. The molecule has 0 saturated heterocycles. The third kappa shape index (κ3) is 5.80. The van der Waals surface area contributed by atoms with Gasteiger partial charge in [-0.2, -0.15) is 0 Å². The van der Waals surface area contributed by atoms with Gasteiger partial charge in [0, 0.05) is 11.7 Å². The van der Waals surface area contributed by atoms with Gasteiger partial charge in [-0.25, -0.2) is 0 Å². The van der Waals surface area contributed by atoms with Crippen molar-refractivity contribution < 1.29 is 9.53 Å². The zero-order chi connectivity index (χ0) is 15.8. The van der Waals surface area contributed by atoms with E-state index in [-0.39, 0.29) is 5.91 Å². The zero-order valence-corrected chi connectivity index (χ0v) is 13.4. The van der Waals surface area contributed by atoms with E-state index in [1.54, 1.807) is 0 Å². The second-order valence-corrected chi connectivity index (χ2v) is 6.03. The predicted molar refractivity (Wildman–Crippen MR) is 90.3 cm³/mol. The number of ether oxygens (including phenoxy) is 1. The average Bonchev–Trinajstić information content (AvgIpc) is 2.53. The molecule has 0 aromatic heterocycles. The van der Waals surface area contributed by atoms with Crippen molar-refractivity contribution in [3.8, 4) is 5.75 Å². The van der Waals surface area contributed by atoms with E-state index in [0.29, 0.717) is 19.2 Å². The summed E-state index contributed by atoms with van der Waals surface area (Å²) in [5, 5.41) is 6.24. The van der Waals surface area contributed by atoms with E-state index in [0.717, 1.165) is 29.9 Å². The van der Waals surface area contributed by atoms with Crippen molar-refractivity contribution in [3.05, 3.63) is 36.4 Å². The molecule has 1 saturated carbocycles. The van der Waals surface area contributed by atoms with Gasteiger partial charge in [0.2, 0.25) is 5.91 Å². The summed E-state index contributed by atoms with van der Waals surface area (Å²) in [7, 11) is 0. The summed E-state index contributed by atoms with van der Waals surface area (Å²) in [5.41, 5.74) is 1.91. The fourth-order valence-corrected chi connectivity index (χ4v) is 2.58. The fraction of sp³-hybridized carbons (Fsp3) is 0.500. The van der Waals surface area contributed by atoms with Gasteiger partial charge >= 0.3 is 0 Å². The number of hydrogen-bond acceptors (Lipinski definition) is 3. The fourth-order valence-electron chi connectivity index (χ4n) is 2.58. The van der Waals surface area contributed by atoms with Crippen LogP contribution in [0.4, 0.5) is 5.69 Å². The van der Waals surface area contributed by atoms with Gasteiger partial charge in [-0.05, 0) is 49.6 Å². The van der Waals surface area contributed by atoms with E-state index < -0.39 is 0 Å². The molecule has 22 heavy (non-hydrogen) atoms. The minimum Gasteiger partial charge on any atom is -0.489 e. The largest absolute Gasteiger partial charge is 0.489 e. The van der Waals surface area contributed by atoms with E-state index in [9.17, 15) is 4.79 Å². The lowest BCUT2D eigenvalue weighted by Crippen LogP contribution is -2.39. The molecule has 2 rings (SSSR count). The number of anilines is 1. The molecule has 0 unspecified atom stereocenters. The summed E-state index contributed by atoms with van der Waals surface area (Å²) in [6, 6.07) is 7.98. The molecular weight excluding hydrogens is 276 g/mol. The van der Waals surface area contributed by atoms with Gasteiger partial charge in [0.1, 0.15) is 12.4 Å². The Kier molecular flexibility index (Phi) is 6.31. The minimum atomic E-state index is 0.0644. The third-order valence-electron chi connectivity index (χ3n) is 3.76. The molecule has 1 aromatic rings. The van der Waals surface area contributed by atoms with Crippen molar-refractivity contribution >= 4 is 11.6 Å². The van der Waals surface area contributed by atoms with Crippen LogP contribution >= 0.6 is 0 Å². The van der Waals surface area contributed by atoms with Crippen molar-refractivity contribution in [2.75, 3.05) is 18.5 Å². The van der Waals surface area contributed by atoms with Crippen LogP contribution in [0.25, 0.3) is 0 Å². The van der Waals surface area contributed by atoms with Crippen molar-refractivity contribution in [2.24, 2.45) is 0 Å². The Balaban J connectivity index is 1.71. The predicted octanol–water partition coefficient (Wildman–Crippen LogP) is 3.50. The molecule has 4 heteroatoms. The Bertz CT molecular complexity index is 490. The van der Waals surface area contributed by atoms with Crippen LogP contribution in [0.2, 0.25) is 0 Å². The lowest BCUT2D eigenvalue weighted by Gasteiger charge is -2.22. The topological polar surface area (TPSA) is 50.4 Å². The molecule has 0 atom stereocenters. The van der Waals surface area contributed by atoms with Crippen LogP contribution in [0.15, 0.2) is 36.4 Å². The number of carbonyl (C=O) groups is 1. The highest BCUT2D eigenvalue weighted by Crippen LogP contribution is 2.18. The molecule has 0 bridgehead atoms. The second-order valence-electron chi connectivity index (χ2n) is 6.03. The monoisotopic (exact) mass is 302 g/mol. The Labute approximate surface area is 132 Å². The van der Waals surface area contributed by atoms with Gasteiger partial charge < -0.3 is 15.4 Å².